The van der Waals surface area contributed by atoms with E-state index in [2.05, 4.69) is 43.3 Å². The molecule has 4 aliphatic rings. The normalized spacial score (nSPS) is 23.6. The number of carbonyl (C=O) groups is 2. The first-order valence-corrected chi connectivity index (χ1v) is 15.8. The maximum atomic E-state index is 13.2. The standard InChI is InChI=1S/C33H41N7O3/c34-24-1-3-25(4-2-24)38-17-19-39(20-18-38)26-9-11-33(12-10-26)13-15-37(16-14-33)27-5-6-28-23(21-27)22-35-40(32(28)43)29-7-8-30(41)36-31(29)42/h1-6,21-22,26,29H,7-20,34H2,(H,36,41,42). The molecular formula is C33H41N7O3. The monoisotopic (exact) mass is 583 g/mol. The predicted octanol–water partition coefficient (Wildman–Crippen LogP) is 3.31. The van der Waals surface area contributed by atoms with Crippen LogP contribution in [0.4, 0.5) is 17.1 Å². The van der Waals surface area contributed by atoms with E-state index >= 15 is 0 Å². The molecule has 1 atom stereocenters. The van der Waals surface area contributed by atoms with Crippen LogP contribution in [0.15, 0.2) is 53.5 Å². The number of nitrogens with one attached hydrogen (secondary N) is 1. The Kier molecular flexibility index (Phi) is 7.33. The van der Waals surface area contributed by atoms with E-state index in [9.17, 15) is 14.4 Å². The maximum absolute atomic E-state index is 13.2. The molecule has 0 bridgehead atoms. The van der Waals surface area contributed by atoms with Crippen molar-refractivity contribution in [1.82, 2.24) is 20.0 Å². The number of nitrogens with zero attached hydrogens (tertiary/aromatic N) is 5. The van der Waals surface area contributed by atoms with Crippen LogP contribution in [0.1, 0.15) is 57.4 Å². The third kappa shape index (κ3) is 5.48. The Morgan fingerprint density at radius 3 is 2.16 bits per heavy atom. The Bertz CT molecular complexity index is 1560. The van der Waals surface area contributed by atoms with Crippen molar-refractivity contribution in [3.8, 4) is 0 Å². The van der Waals surface area contributed by atoms with Gasteiger partial charge in [-0.3, -0.25) is 24.6 Å². The van der Waals surface area contributed by atoms with E-state index in [0.717, 1.165) is 56.0 Å². The van der Waals surface area contributed by atoms with Crippen LogP contribution in [-0.2, 0) is 9.59 Å². The number of piperidine rings is 2. The lowest BCUT2D eigenvalue weighted by atomic mass is 9.66. The van der Waals surface area contributed by atoms with Crippen LogP contribution in [0, 0.1) is 5.41 Å². The van der Waals surface area contributed by atoms with E-state index in [4.69, 9.17) is 5.73 Å². The minimum Gasteiger partial charge on any atom is -0.399 e. The lowest BCUT2D eigenvalue weighted by Crippen LogP contribution is -2.52. The molecule has 1 aliphatic carbocycles. The fraction of sp³-hybridized carbons (Fsp3) is 0.515. The molecule has 3 aliphatic heterocycles. The van der Waals surface area contributed by atoms with Crippen molar-refractivity contribution in [2.24, 2.45) is 5.41 Å². The zero-order chi connectivity index (χ0) is 29.6. The van der Waals surface area contributed by atoms with E-state index in [0.29, 0.717) is 23.3 Å². The number of nitrogen functional groups attached to an aromatic ring is 1. The van der Waals surface area contributed by atoms with Crippen molar-refractivity contribution in [1.29, 1.82) is 0 Å². The van der Waals surface area contributed by atoms with Crippen LogP contribution in [0.3, 0.4) is 0 Å². The predicted molar refractivity (Wildman–Crippen MR) is 168 cm³/mol. The van der Waals surface area contributed by atoms with Gasteiger partial charge < -0.3 is 15.5 Å². The van der Waals surface area contributed by atoms with Gasteiger partial charge in [-0.05, 0) is 92.8 Å². The van der Waals surface area contributed by atoms with E-state index < -0.39 is 11.9 Å². The van der Waals surface area contributed by atoms with Crippen LogP contribution in [0.5, 0.6) is 0 Å². The van der Waals surface area contributed by atoms with Crippen molar-refractivity contribution in [3.05, 3.63) is 59.0 Å². The summed E-state index contributed by atoms with van der Waals surface area (Å²) in [4.78, 5) is 44.7. The highest BCUT2D eigenvalue weighted by molar-refractivity contribution is 5.99. The van der Waals surface area contributed by atoms with E-state index in [1.165, 1.54) is 48.9 Å². The molecule has 2 amide bonds. The summed E-state index contributed by atoms with van der Waals surface area (Å²) < 4.78 is 1.23. The number of hydrogen-bond acceptors (Lipinski definition) is 8. The largest absolute Gasteiger partial charge is 0.399 e. The molecule has 0 radical (unpaired) electrons. The molecule has 1 unspecified atom stereocenters. The summed E-state index contributed by atoms with van der Waals surface area (Å²) in [5.74, 6) is -0.768. The topological polar surface area (TPSA) is 117 Å². The van der Waals surface area contributed by atoms with Crippen molar-refractivity contribution < 1.29 is 9.59 Å². The number of benzene rings is 2. The molecule has 3 aromatic rings. The summed E-state index contributed by atoms with van der Waals surface area (Å²) in [5, 5.41) is 7.97. The number of hydrogen-bond donors (Lipinski definition) is 2. The molecule has 3 N–H and O–H groups in total. The Morgan fingerprint density at radius 1 is 0.791 bits per heavy atom. The Morgan fingerprint density at radius 2 is 1.47 bits per heavy atom. The first kappa shape index (κ1) is 27.9. The average molecular weight is 584 g/mol. The molecule has 10 heteroatoms. The van der Waals surface area contributed by atoms with Crippen LogP contribution < -0.4 is 26.4 Å². The molecule has 1 saturated carbocycles. The van der Waals surface area contributed by atoms with Crippen LogP contribution >= 0.6 is 0 Å². The third-order valence-corrected chi connectivity index (χ3v) is 10.6. The second kappa shape index (κ2) is 11.3. The Hall–Kier alpha value is -3.92. The van der Waals surface area contributed by atoms with Crippen LogP contribution in [0.25, 0.3) is 10.8 Å². The summed E-state index contributed by atoms with van der Waals surface area (Å²) in [7, 11) is 0. The molecular weight excluding hydrogens is 542 g/mol. The smallest absolute Gasteiger partial charge is 0.275 e. The van der Waals surface area contributed by atoms with Gasteiger partial charge in [-0.25, -0.2) is 4.68 Å². The number of carbonyl (C=O) groups excluding carboxylic acids is 2. The number of piperazine rings is 1. The van der Waals surface area contributed by atoms with Crippen LogP contribution in [-0.4, -0.2) is 71.8 Å². The van der Waals surface area contributed by atoms with Gasteiger partial charge in [-0.2, -0.15) is 5.10 Å². The third-order valence-electron chi connectivity index (χ3n) is 10.6. The molecule has 4 fully saturated rings. The van der Waals surface area contributed by atoms with E-state index in [1.807, 2.05) is 24.3 Å². The molecule has 226 valence electrons. The molecule has 2 aromatic carbocycles. The molecule has 10 nitrogen and oxygen atoms in total. The molecule has 1 spiro atoms. The second-order valence-electron chi connectivity index (χ2n) is 13.0. The highest BCUT2D eigenvalue weighted by Crippen LogP contribution is 2.46. The minimum atomic E-state index is -0.748. The van der Waals surface area contributed by atoms with Crippen LogP contribution in [0.2, 0.25) is 0 Å². The number of fused-ring (bicyclic) bond motifs is 1. The van der Waals surface area contributed by atoms with Gasteiger partial charge in [0.05, 0.1) is 11.6 Å². The summed E-state index contributed by atoms with van der Waals surface area (Å²) in [6.07, 6.45) is 9.80. The lowest BCUT2D eigenvalue weighted by molar-refractivity contribution is -0.136. The fourth-order valence-corrected chi connectivity index (χ4v) is 7.84. The maximum Gasteiger partial charge on any atom is 0.275 e. The number of nitrogens with two attached hydrogens (primary N) is 1. The van der Waals surface area contributed by atoms with E-state index in [-0.39, 0.29) is 17.9 Å². The highest BCUT2D eigenvalue weighted by Gasteiger charge is 2.40. The number of imide groups is 1. The van der Waals surface area contributed by atoms with Crippen molar-refractivity contribution in [2.75, 3.05) is 54.8 Å². The number of rotatable bonds is 4. The van der Waals surface area contributed by atoms with Gasteiger partial charge in [0, 0.05) is 74.2 Å². The lowest BCUT2D eigenvalue weighted by Gasteiger charge is -2.49. The first-order chi connectivity index (χ1) is 20.9. The molecule has 7 rings (SSSR count). The van der Waals surface area contributed by atoms with Crippen molar-refractivity contribution in [3.63, 3.8) is 0 Å². The number of anilines is 3. The summed E-state index contributed by atoms with van der Waals surface area (Å²) >= 11 is 0. The fourth-order valence-electron chi connectivity index (χ4n) is 7.84. The highest BCUT2D eigenvalue weighted by atomic mass is 16.2. The zero-order valence-corrected chi connectivity index (χ0v) is 24.7. The Balaban J connectivity index is 0.935. The number of amides is 2. The van der Waals surface area contributed by atoms with Gasteiger partial charge in [-0.1, -0.05) is 0 Å². The molecule has 4 heterocycles. The average Bonchev–Trinajstić information content (AvgIpc) is 3.03. The Labute approximate surface area is 251 Å². The number of aromatic nitrogens is 2. The van der Waals surface area contributed by atoms with Gasteiger partial charge in [0.25, 0.3) is 11.5 Å². The quantitative estimate of drug-likeness (QED) is 0.355. The van der Waals surface area contributed by atoms with Gasteiger partial charge >= 0.3 is 0 Å². The zero-order valence-electron chi connectivity index (χ0n) is 24.7. The minimum absolute atomic E-state index is 0.209. The van der Waals surface area contributed by atoms with Crippen molar-refractivity contribution >= 4 is 39.6 Å². The SMILES string of the molecule is Nc1ccc(N2CCN(C3CCC4(CC3)CCN(c3ccc5c(=O)n(C6CCC(=O)NC6=O)ncc5c3)CC4)CC2)cc1. The molecule has 3 saturated heterocycles. The molecule has 43 heavy (non-hydrogen) atoms. The van der Waals surface area contributed by atoms with Gasteiger partial charge in [0.2, 0.25) is 5.91 Å². The summed E-state index contributed by atoms with van der Waals surface area (Å²) in [6, 6.07) is 14.2. The second-order valence-corrected chi connectivity index (χ2v) is 13.0. The molecule has 1 aromatic heterocycles. The van der Waals surface area contributed by atoms with Gasteiger partial charge in [0.1, 0.15) is 6.04 Å². The van der Waals surface area contributed by atoms with Gasteiger partial charge in [0.15, 0.2) is 0 Å². The van der Waals surface area contributed by atoms with E-state index in [1.54, 1.807) is 6.20 Å². The van der Waals surface area contributed by atoms with Gasteiger partial charge in [-0.15, -0.1) is 0 Å². The summed E-state index contributed by atoms with van der Waals surface area (Å²) in [5.41, 5.74) is 9.24. The van der Waals surface area contributed by atoms with Crippen molar-refractivity contribution in [2.45, 2.75) is 63.5 Å². The first-order valence-electron chi connectivity index (χ1n) is 15.8. The summed E-state index contributed by atoms with van der Waals surface area (Å²) in [6.45, 7) is 6.46.